The molecule has 0 saturated carbocycles. The minimum absolute atomic E-state index is 0.290. The van der Waals surface area contributed by atoms with E-state index in [9.17, 15) is 5.11 Å². The summed E-state index contributed by atoms with van der Waals surface area (Å²) >= 11 is 0. The molecule has 3 nitrogen and oxygen atoms in total. The van der Waals surface area contributed by atoms with Gasteiger partial charge in [0.05, 0.1) is 11.7 Å². The molecule has 1 rings (SSSR count). The van der Waals surface area contributed by atoms with Gasteiger partial charge in [0.15, 0.2) is 0 Å². The van der Waals surface area contributed by atoms with Gasteiger partial charge in [-0.05, 0) is 12.8 Å². The first-order valence-electron chi connectivity index (χ1n) is 4.57. The van der Waals surface area contributed by atoms with Gasteiger partial charge in [0, 0.05) is 19.6 Å². The Balaban J connectivity index is 2.27. The minimum Gasteiger partial charge on any atom is -0.392 e. The zero-order valence-electron chi connectivity index (χ0n) is 8.12. The highest BCUT2D eigenvalue weighted by atomic mass is 16.3. The van der Waals surface area contributed by atoms with E-state index in [1.807, 2.05) is 13.8 Å². The van der Waals surface area contributed by atoms with E-state index in [4.69, 9.17) is 5.11 Å². The summed E-state index contributed by atoms with van der Waals surface area (Å²) in [5, 5.41) is 18.9. The predicted octanol–water partition coefficient (Wildman–Crippen LogP) is 0.0699. The molecule has 0 aromatic heterocycles. The zero-order chi connectivity index (χ0) is 9.35. The van der Waals surface area contributed by atoms with Crippen molar-refractivity contribution in [2.24, 2.45) is 5.92 Å². The smallest absolute Gasteiger partial charge is 0.0922 e. The number of hydrogen-bond acceptors (Lipinski definition) is 3. The summed E-state index contributed by atoms with van der Waals surface area (Å²) in [6.07, 6.45) is -0.290. The van der Waals surface area contributed by atoms with Crippen LogP contribution in [0.3, 0.4) is 0 Å². The first-order chi connectivity index (χ1) is 5.44. The maximum Gasteiger partial charge on any atom is 0.0922 e. The normalized spacial score (nSPS) is 25.5. The number of β-amino-alcohol motifs (C(OH)–C–C–N with tert-alkyl or cyclic N) is 2. The summed E-state index contributed by atoms with van der Waals surface area (Å²) in [6.45, 7) is 7.91. The van der Waals surface area contributed by atoms with Gasteiger partial charge in [0.1, 0.15) is 0 Å². The number of aliphatic hydroxyl groups excluding tert-OH is 1. The van der Waals surface area contributed by atoms with E-state index >= 15 is 0 Å². The molecule has 3 heteroatoms. The largest absolute Gasteiger partial charge is 0.392 e. The monoisotopic (exact) mass is 173 g/mol. The van der Waals surface area contributed by atoms with E-state index in [1.54, 1.807) is 6.92 Å². The van der Waals surface area contributed by atoms with E-state index in [0.29, 0.717) is 25.6 Å². The van der Waals surface area contributed by atoms with E-state index in [1.165, 1.54) is 0 Å². The second-order valence-corrected chi connectivity index (χ2v) is 4.28. The first-order valence-corrected chi connectivity index (χ1v) is 4.57. The highest BCUT2D eigenvalue weighted by Gasteiger charge is 2.43. The van der Waals surface area contributed by atoms with Gasteiger partial charge in [0.2, 0.25) is 0 Å². The molecule has 0 bridgehead atoms. The lowest BCUT2D eigenvalue weighted by Crippen LogP contribution is -2.65. The SMILES string of the molecule is CC(O)CN1CC(O)(C(C)C)C1. The van der Waals surface area contributed by atoms with E-state index in [2.05, 4.69) is 4.90 Å². The Morgan fingerprint density at radius 1 is 1.33 bits per heavy atom. The second kappa shape index (κ2) is 3.32. The van der Waals surface area contributed by atoms with Crippen LogP contribution in [0.2, 0.25) is 0 Å². The lowest BCUT2D eigenvalue weighted by Gasteiger charge is -2.49. The Hall–Kier alpha value is -0.120. The Bertz CT molecular complexity index is 151. The van der Waals surface area contributed by atoms with Gasteiger partial charge in [-0.1, -0.05) is 13.8 Å². The molecule has 0 spiro atoms. The molecule has 72 valence electrons. The van der Waals surface area contributed by atoms with Gasteiger partial charge in [-0.2, -0.15) is 0 Å². The summed E-state index contributed by atoms with van der Waals surface area (Å²) in [7, 11) is 0. The molecule has 0 aromatic rings. The van der Waals surface area contributed by atoms with Crippen LogP contribution < -0.4 is 0 Å². The standard InChI is InChI=1S/C9H19NO2/c1-7(2)9(12)5-10(6-9)4-8(3)11/h7-8,11-12H,4-6H2,1-3H3. The fourth-order valence-corrected chi connectivity index (χ4v) is 1.60. The third kappa shape index (κ3) is 1.97. The Labute approximate surface area is 74.0 Å². The lowest BCUT2D eigenvalue weighted by atomic mass is 9.83. The van der Waals surface area contributed by atoms with Crippen LogP contribution >= 0.6 is 0 Å². The fourth-order valence-electron chi connectivity index (χ4n) is 1.60. The molecular weight excluding hydrogens is 154 g/mol. The average Bonchev–Trinajstić information content (AvgIpc) is 1.82. The molecule has 1 fully saturated rings. The summed E-state index contributed by atoms with van der Waals surface area (Å²) in [5.41, 5.74) is -0.505. The van der Waals surface area contributed by atoms with E-state index in [-0.39, 0.29) is 6.10 Å². The van der Waals surface area contributed by atoms with Gasteiger partial charge in [-0.15, -0.1) is 0 Å². The number of rotatable bonds is 3. The van der Waals surface area contributed by atoms with Crippen LogP contribution in [-0.4, -0.2) is 46.5 Å². The van der Waals surface area contributed by atoms with Crippen molar-refractivity contribution in [3.05, 3.63) is 0 Å². The molecule has 12 heavy (non-hydrogen) atoms. The Morgan fingerprint density at radius 3 is 2.17 bits per heavy atom. The maximum atomic E-state index is 9.85. The summed E-state index contributed by atoms with van der Waals surface area (Å²) in [5.74, 6) is 0.308. The number of likely N-dealkylation sites (tertiary alicyclic amines) is 1. The number of hydrogen-bond donors (Lipinski definition) is 2. The van der Waals surface area contributed by atoms with Crippen molar-refractivity contribution in [3.63, 3.8) is 0 Å². The molecule has 1 unspecified atom stereocenters. The molecule has 1 aliphatic heterocycles. The van der Waals surface area contributed by atoms with Crippen molar-refractivity contribution in [2.45, 2.75) is 32.5 Å². The van der Waals surface area contributed by atoms with E-state index < -0.39 is 5.60 Å². The molecule has 0 amide bonds. The van der Waals surface area contributed by atoms with Crippen LogP contribution in [0.5, 0.6) is 0 Å². The Morgan fingerprint density at radius 2 is 1.83 bits per heavy atom. The first kappa shape index (κ1) is 9.96. The van der Waals surface area contributed by atoms with Crippen LogP contribution in [0, 0.1) is 5.92 Å². The van der Waals surface area contributed by atoms with Gasteiger partial charge in [-0.3, -0.25) is 4.90 Å². The van der Waals surface area contributed by atoms with Crippen molar-refractivity contribution < 1.29 is 10.2 Å². The molecule has 2 N–H and O–H groups in total. The fraction of sp³-hybridized carbons (Fsp3) is 1.00. The highest BCUT2D eigenvalue weighted by Crippen LogP contribution is 2.28. The van der Waals surface area contributed by atoms with Gasteiger partial charge in [0.25, 0.3) is 0 Å². The Kier molecular flexibility index (Phi) is 2.76. The molecule has 1 atom stereocenters. The molecule has 1 heterocycles. The average molecular weight is 173 g/mol. The van der Waals surface area contributed by atoms with Crippen molar-refractivity contribution in [2.75, 3.05) is 19.6 Å². The molecule has 0 aliphatic carbocycles. The van der Waals surface area contributed by atoms with Crippen molar-refractivity contribution in [1.82, 2.24) is 4.90 Å². The van der Waals surface area contributed by atoms with Crippen LogP contribution in [0.15, 0.2) is 0 Å². The molecule has 0 aromatic carbocycles. The third-order valence-corrected chi connectivity index (χ3v) is 2.59. The topological polar surface area (TPSA) is 43.7 Å². The maximum absolute atomic E-state index is 9.85. The van der Waals surface area contributed by atoms with E-state index in [0.717, 1.165) is 0 Å². The van der Waals surface area contributed by atoms with Crippen LogP contribution in [0.4, 0.5) is 0 Å². The van der Waals surface area contributed by atoms with Gasteiger partial charge in [-0.25, -0.2) is 0 Å². The van der Waals surface area contributed by atoms with Gasteiger partial charge >= 0.3 is 0 Å². The minimum atomic E-state index is -0.505. The highest BCUT2D eigenvalue weighted by molar-refractivity contribution is 4.97. The van der Waals surface area contributed by atoms with Crippen molar-refractivity contribution in [1.29, 1.82) is 0 Å². The van der Waals surface area contributed by atoms with Crippen LogP contribution in [0.1, 0.15) is 20.8 Å². The quantitative estimate of drug-likeness (QED) is 0.635. The van der Waals surface area contributed by atoms with Gasteiger partial charge < -0.3 is 10.2 Å². The van der Waals surface area contributed by atoms with Crippen LogP contribution in [0.25, 0.3) is 0 Å². The third-order valence-electron chi connectivity index (χ3n) is 2.59. The molecular formula is C9H19NO2. The molecule has 1 aliphatic rings. The van der Waals surface area contributed by atoms with Crippen molar-refractivity contribution in [3.8, 4) is 0 Å². The number of aliphatic hydroxyl groups is 2. The van der Waals surface area contributed by atoms with Crippen molar-refractivity contribution >= 4 is 0 Å². The summed E-state index contributed by atoms with van der Waals surface area (Å²) in [6, 6.07) is 0. The lowest BCUT2D eigenvalue weighted by molar-refractivity contribution is -0.134. The number of nitrogens with zero attached hydrogens (tertiary/aromatic N) is 1. The van der Waals surface area contributed by atoms with Crippen LogP contribution in [-0.2, 0) is 0 Å². The molecule has 0 radical (unpaired) electrons. The zero-order valence-corrected chi connectivity index (χ0v) is 8.12. The molecule has 1 saturated heterocycles. The predicted molar refractivity (Wildman–Crippen MR) is 47.9 cm³/mol. The summed E-state index contributed by atoms with van der Waals surface area (Å²) in [4.78, 5) is 2.07. The second-order valence-electron chi connectivity index (χ2n) is 4.28. The summed E-state index contributed by atoms with van der Waals surface area (Å²) < 4.78 is 0.